The molecule has 0 saturated carbocycles. The second-order valence-corrected chi connectivity index (χ2v) is 5.78. The molecule has 3 nitrogen and oxygen atoms in total. The first kappa shape index (κ1) is 16.0. The average Bonchev–Trinajstić information content (AvgIpc) is 2.48. The summed E-state index contributed by atoms with van der Waals surface area (Å²) in [7, 11) is 0. The van der Waals surface area contributed by atoms with Gasteiger partial charge in [-0.3, -0.25) is 0 Å². The van der Waals surface area contributed by atoms with Crippen LogP contribution in [0.5, 0.6) is 11.5 Å². The Hall–Kier alpha value is -1.36. The molecule has 2 aromatic carbocycles. The maximum atomic E-state index is 9.08. The molecule has 0 aliphatic carbocycles. The molecular formula is C17H20BrNO2. The first-order valence-electron chi connectivity index (χ1n) is 7.04. The fourth-order valence-corrected chi connectivity index (χ4v) is 2.50. The van der Waals surface area contributed by atoms with Crippen LogP contribution in [0.1, 0.15) is 31.0 Å². The quantitative estimate of drug-likeness (QED) is 0.811. The van der Waals surface area contributed by atoms with Crippen LogP contribution in [-0.4, -0.2) is 11.7 Å². The van der Waals surface area contributed by atoms with Crippen molar-refractivity contribution in [3.8, 4) is 11.5 Å². The van der Waals surface area contributed by atoms with Crippen molar-refractivity contribution < 1.29 is 9.84 Å². The van der Waals surface area contributed by atoms with E-state index in [1.165, 1.54) is 0 Å². The van der Waals surface area contributed by atoms with E-state index >= 15 is 0 Å². The predicted molar refractivity (Wildman–Crippen MR) is 88.7 cm³/mol. The molecule has 112 valence electrons. The van der Waals surface area contributed by atoms with E-state index in [2.05, 4.69) is 41.2 Å². The van der Waals surface area contributed by atoms with Crippen LogP contribution in [0.15, 0.2) is 46.9 Å². The maximum Gasteiger partial charge on any atom is 0.133 e. The SMILES string of the molecule is CCNC(C)c1ccc(Br)cc1Oc1ccc(CO)cc1. The highest BCUT2D eigenvalue weighted by Crippen LogP contribution is 2.32. The number of ether oxygens (including phenoxy) is 1. The summed E-state index contributed by atoms with van der Waals surface area (Å²) in [5, 5.41) is 12.5. The number of hydrogen-bond acceptors (Lipinski definition) is 3. The molecule has 21 heavy (non-hydrogen) atoms. The van der Waals surface area contributed by atoms with Crippen LogP contribution in [0.3, 0.4) is 0 Å². The highest BCUT2D eigenvalue weighted by molar-refractivity contribution is 9.10. The van der Waals surface area contributed by atoms with Crippen LogP contribution in [-0.2, 0) is 6.61 Å². The molecule has 0 saturated heterocycles. The van der Waals surface area contributed by atoms with E-state index in [1.54, 1.807) is 0 Å². The lowest BCUT2D eigenvalue weighted by molar-refractivity contribution is 0.281. The number of benzene rings is 2. The van der Waals surface area contributed by atoms with Gasteiger partial charge in [0.15, 0.2) is 0 Å². The Morgan fingerprint density at radius 3 is 2.52 bits per heavy atom. The Bertz CT molecular complexity index is 584. The van der Waals surface area contributed by atoms with Gasteiger partial charge >= 0.3 is 0 Å². The van der Waals surface area contributed by atoms with Crippen LogP contribution in [0.2, 0.25) is 0 Å². The summed E-state index contributed by atoms with van der Waals surface area (Å²) >= 11 is 3.49. The molecule has 0 radical (unpaired) electrons. The Labute approximate surface area is 134 Å². The normalized spacial score (nSPS) is 12.2. The van der Waals surface area contributed by atoms with Crippen molar-refractivity contribution >= 4 is 15.9 Å². The first-order chi connectivity index (χ1) is 10.1. The number of rotatable bonds is 6. The van der Waals surface area contributed by atoms with Crippen molar-refractivity contribution in [2.45, 2.75) is 26.5 Å². The van der Waals surface area contributed by atoms with Gasteiger partial charge in [0.2, 0.25) is 0 Å². The summed E-state index contributed by atoms with van der Waals surface area (Å²) in [6.07, 6.45) is 0. The molecule has 4 heteroatoms. The van der Waals surface area contributed by atoms with E-state index < -0.39 is 0 Å². The summed E-state index contributed by atoms with van der Waals surface area (Å²) in [6, 6.07) is 13.7. The van der Waals surface area contributed by atoms with Crippen molar-refractivity contribution in [1.82, 2.24) is 5.32 Å². The summed E-state index contributed by atoms with van der Waals surface area (Å²) < 4.78 is 6.99. The van der Waals surface area contributed by atoms with Gasteiger partial charge in [-0.05, 0) is 43.3 Å². The van der Waals surface area contributed by atoms with Gasteiger partial charge in [-0.15, -0.1) is 0 Å². The summed E-state index contributed by atoms with van der Waals surface area (Å²) in [5.41, 5.74) is 1.99. The first-order valence-corrected chi connectivity index (χ1v) is 7.83. The molecule has 2 N–H and O–H groups in total. The van der Waals surface area contributed by atoms with Crippen molar-refractivity contribution in [1.29, 1.82) is 0 Å². The summed E-state index contributed by atoms with van der Waals surface area (Å²) in [5.74, 6) is 1.59. The average molecular weight is 350 g/mol. The molecule has 1 unspecified atom stereocenters. The molecule has 2 aromatic rings. The molecule has 0 aliphatic heterocycles. The molecule has 0 spiro atoms. The van der Waals surface area contributed by atoms with E-state index in [0.29, 0.717) is 0 Å². The van der Waals surface area contributed by atoms with Gasteiger partial charge in [-0.2, -0.15) is 0 Å². The van der Waals surface area contributed by atoms with Crippen molar-refractivity contribution in [2.75, 3.05) is 6.54 Å². The molecule has 2 rings (SSSR count). The zero-order valence-electron chi connectivity index (χ0n) is 12.3. The van der Waals surface area contributed by atoms with Crippen LogP contribution in [0.4, 0.5) is 0 Å². The number of hydrogen-bond donors (Lipinski definition) is 2. The van der Waals surface area contributed by atoms with Crippen LogP contribution in [0.25, 0.3) is 0 Å². The molecule has 0 amide bonds. The largest absolute Gasteiger partial charge is 0.457 e. The maximum absolute atomic E-state index is 9.08. The monoisotopic (exact) mass is 349 g/mol. The molecule has 1 atom stereocenters. The minimum atomic E-state index is 0.0415. The smallest absolute Gasteiger partial charge is 0.133 e. The van der Waals surface area contributed by atoms with Gasteiger partial charge in [0, 0.05) is 16.1 Å². The molecule has 0 aliphatic rings. The highest BCUT2D eigenvalue weighted by Gasteiger charge is 2.12. The fourth-order valence-electron chi connectivity index (χ4n) is 2.16. The summed E-state index contributed by atoms with van der Waals surface area (Å²) in [6.45, 7) is 5.15. The van der Waals surface area contributed by atoms with Crippen molar-refractivity contribution in [2.24, 2.45) is 0 Å². The van der Waals surface area contributed by atoms with Gasteiger partial charge in [0.05, 0.1) is 6.61 Å². The van der Waals surface area contributed by atoms with Gasteiger partial charge in [0.25, 0.3) is 0 Å². The van der Waals surface area contributed by atoms with Gasteiger partial charge in [0.1, 0.15) is 11.5 Å². The Morgan fingerprint density at radius 2 is 1.90 bits per heavy atom. The Balaban J connectivity index is 2.26. The molecule has 0 aromatic heterocycles. The Morgan fingerprint density at radius 1 is 1.19 bits per heavy atom. The highest BCUT2D eigenvalue weighted by atomic mass is 79.9. The molecular weight excluding hydrogens is 330 g/mol. The van der Waals surface area contributed by atoms with Crippen molar-refractivity contribution in [3.63, 3.8) is 0 Å². The van der Waals surface area contributed by atoms with E-state index in [9.17, 15) is 0 Å². The molecule has 0 fully saturated rings. The molecule has 0 heterocycles. The lowest BCUT2D eigenvalue weighted by Crippen LogP contribution is -2.18. The third-order valence-corrected chi connectivity index (χ3v) is 3.78. The second-order valence-electron chi connectivity index (χ2n) is 4.87. The minimum Gasteiger partial charge on any atom is -0.457 e. The third-order valence-electron chi connectivity index (χ3n) is 3.29. The Kier molecular flexibility index (Phi) is 5.79. The number of aliphatic hydroxyl groups excluding tert-OH is 1. The molecule has 0 bridgehead atoms. The number of halogens is 1. The van der Waals surface area contributed by atoms with Crippen molar-refractivity contribution in [3.05, 3.63) is 58.1 Å². The zero-order chi connectivity index (χ0) is 15.2. The van der Waals surface area contributed by atoms with E-state index in [0.717, 1.165) is 33.6 Å². The zero-order valence-corrected chi connectivity index (χ0v) is 13.9. The standard InChI is InChI=1S/C17H20BrNO2/c1-3-19-12(2)16-9-6-14(18)10-17(16)21-15-7-4-13(11-20)5-8-15/h4-10,12,19-20H,3,11H2,1-2H3. The fraction of sp³-hybridized carbons (Fsp3) is 0.294. The van der Waals surface area contributed by atoms with Crippen LogP contribution >= 0.6 is 15.9 Å². The second kappa shape index (κ2) is 7.59. The third kappa shape index (κ3) is 4.30. The minimum absolute atomic E-state index is 0.0415. The van der Waals surface area contributed by atoms with Crippen LogP contribution < -0.4 is 10.1 Å². The summed E-state index contributed by atoms with van der Waals surface area (Å²) in [4.78, 5) is 0. The van der Waals surface area contributed by atoms with E-state index in [1.807, 2.05) is 36.4 Å². The van der Waals surface area contributed by atoms with E-state index in [-0.39, 0.29) is 12.6 Å². The van der Waals surface area contributed by atoms with Gasteiger partial charge in [-0.1, -0.05) is 41.1 Å². The topological polar surface area (TPSA) is 41.5 Å². The lowest BCUT2D eigenvalue weighted by atomic mass is 10.1. The van der Waals surface area contributed by atoms with Gasteiger partial charge < -0.3 is 15.2 Å². The number of nitrogens with one attached hydrogen (secondary N) is 1. The number of aliphatic hydroxyl groups is 1. The lowest BCUT2D eigenvalue weighted by Gasteiger charge is -2.18. The van der Waals surface area contributed by atoms with Crippen LogP contribution in [0, 0.1) is 0 Å². The van der Waals surface area contributed by atoms with Gasteiger partial charge in [-0.25, -0.2) is 0 Å². The van der Waals surface area contributed by atoms with E-state index in [4.69, 9.17) is 9.84 Å². The predicted octanol–water partition coefficient (Wildman–Crippen LogP) is 4.40.